The van der Waals surface area contributed by atoms with Gasteiger partial charge in [-0.1, -0.05) is 36.4 Å². The molecule has 1 amide bonds. The normalized spacial score (nSPS) is 11.7. The molecule has 2 N–H and O–H groups in total. The summed E-state index contributed by atoms with van der Waals surface area (Å²) in [6.07, 6.45) is 0. The van der Waals surface area contributed by atoms with Gasteiger partial charge in [0.05, 0.1) is 19.9 Å². The number of carbonyl (C=O) groups is 1. The zero-order valence-electron chi connectivity index (χ0n) is 15.1. The summed E-state index contributed by atoms with van der Waals surface area (Å²) >= 11 is 0. The predicted molar refractivity (Wildman–Crippen MR) is 105 cm³/mol. The van der Waals surface area contributed by atoms with Crippen molar-refractivity contribution in [2.75, 3.05) is 24.9 Å². The molecule has 0 aliphatic rings. The Hall–Kier alpha value is -3.21. The van der Waals surface area contributed by atoms with Gasteiger partial charge >= 0.3 is 0 Å². The highest BCUT2D eigenvalue weighted by Crippen LogP contribution is 2.29. The van der Waals surface area contributed by atoms with Crippen LogP contribution in [-0.4, -0.2) is 26.2 Å². The molecule has 0 bridgehead atoms. The highest BCUT2D eigenvalue weighted by molar-refractivity contribution is 6.00. The molecular weight excluding hydrogens is 328 g/mol. The lowest BCUT2D eigenvalue weighted by Gasteiger charge is -2.18. The lowest BCUT2D eigenvalue weighted by Crippen LogP contribution is -2.32. The van der Waals surface area contributed by atoms with Crippen LogP contribution in [0.3, 0.4) is 0 Å². The Bertz CT molecular complexity index is 919. The van der Waals surface area contributed by atoms with E-state index in [0.29, 0.717) is 17.2 Å². The number of fused-ring (bicyclic) bond motifs is 1. The Morgan fingerprint density at radius 2 is 1.69 bits per heavy atom. The van der Waals surface area contributed by atoms with Crippen LogP contribution in [0.25, 0.3) is 10.8 Å². The SMILES string of the molecule is COc1ccc(OC)c(NC(=O)[C@@H](C)Nc2cccc3ccccc23)c1. The first-order valence-corrected chi connectivity index (χ1v) is 8.39. The molecule has 3 aromatic carbocycles. The third-order valence-electron chi connectivity index (χ3n) is 4.22. The van der Waals surface area contributed by atoms with Gasteiger partial charge in [0.2, 0.25) is 5.91 Å². The maximum atomic E-state index is 12.7. The van der Waals surface area contributed by atoms with Gasteiger partial charge in [0.25, 0.3) is 0 Å². The molecule has 0 aromatic heterocycles. The van der Waals surface area contributed by atoms with Crippen molar-refractivity contribution in [3.63, 3.8) is 0 Å². The second-order valence-corrected chi connectivity index (χ2v) is 5.95. The van der Waals surface area contributed by atoms with Crippen molar-refractivity contribution >= 4 is 28.1 Å². The van der Waals surface area contributed by atoms with Gasteiger partial charge in [-0.2, -0.15) is 0 Å². The smallest absolute Gasteiger partial charge is 0.246 e. The summed E-state index contributed by atoms with van der Waals surface area (Å²) in [5, 5.41) is 8.39. The van der Waals surface area contributed by atoms with Gasteiger partial charge < -0.3 is 20.1 Å². The minimum atomic E-state index is -0.434. The highest BCUT2D eigenvalue weighted by atomic mass is 16.5. The number of carbonyl (C=O) groups excluding carboxylic acids is 1. The number of benzene rings is 3. The van der Waals surface area contributed by atoms with Crippen LogP contribution in [0.5, 0.6) is 11.5 Å². The van der Waals surface area contributed by atoms with Crippen molar-refractivity contribution in [1.82, 2.24) is 0 Å². The van der Waals surface area contributed by atoms with Gasteiger partial charge in [0, 0.05) is 17.1 Å². The van der Waals surface area contributed by atoms with Crippen molar-refractivity contribution in [1.29, 1.82) is 0 Å². The third-order valence-corrected chi connectivity index (χ3v) is 4.22. The molecule has 0 aliphatic heterocycles. The summed E-state index contributed by atoms with van der Waals surface area (Å²) in [6.45, 7) is 1.82. The van der Waals surface area contributed by atoms with Crippen LogP contribution in [0, 0.1) is 0 Å². The molecule has 5 heteroatoms. The molecule has 0 radical (unpaired) electrons. The van der Waals surface area contributed by atoms with Crippen molar-refractivity contribution in [2.45, 2.75) is 13.0 Å². The topological polar surface area (TPSA) is 59.6 Å². The van der Waals surface area contributed by atoms with Crippen LogP contribution in [0.4, 0.5) is 11.4 Å². The minimum absolute atomic E-state index is 0.163. The molecule has 0 aliphatic carbocycles. The summed E-state index contributed by atoms with van der Waals surface area (Å²) in [7, 11) is 3.15. The number of methoxy groups -OCH3 is 2. The van der Waals surface area contributed by atoms with Gasteiger partial charge in [-0.15, -0.1) is 0 Å². The monoisotopic (exact) mass is 350 g/mol. The molecule has 5 nitrogen and oxygen atoms in total. The largest absolute Gasteiger partial charge is 0.497 e. The van der Waals surface area contributed by atoms with E-state index in [1.54, 1.807) is 32.4 Å². The summed E-state index contributed by atoms with van der Waals surface area (Å²) in [5.74, 6) is 1.07. The fourth-order valence-corrected chi connectivity index (χ4v) is 2.80. The fourth-order valence-electron chi connectivity index (χ4n) is 2.80. The average molecular weight is 350 g/mol. The molecule has 0 heterocycles. The molecule has 3 rings (SSSR count). The van der Waals surface area contributed by atoms with Crippen molar-refractivity contribution in [2.24, 2.45) is 0 Å². The first-order chi connectivity index (χ1) is 12.6. The van der Waals surface area contributed by atoms with E-state index in [0.717, 1.165) is 16.5 Å². The molecule has 0 saturated carbocycles. The maximum absolute atomic E-state index is 12.7. The van der Waals surface area contributed by atoms with Crippen LogP contribution in [-0.2, 0) is 4.79 Å². The summed E-state index contributed by atoms with van der Waals surface area (Å²) in [6, 6.07) is 18.9. The van der Waals surface area contributed by atoms with E-state index in [1.165, 1.54) is 0 Å². The third kappa shape index (κ3) is 3.72. The van der Waals surface area contributed by atoms with E-state index in [2.05, 4.69) is 10.6 Å². The molecule has 1 atom stereocenters. The number of rotatable bonds is 6. The first-order valence-electron chi connectivity index (χ1n) is 8.39. The zero-order chi connectivity index (χ0) is 18.5. The van der Waals surface area contributed by atoms with Gasteiger partial charge in [0.15, 0.2) is 0 Å². The van der Waals surface area contributed by atoms with Gasteiger partial charge in [-0.05, 0) is 30.5 Å². The highest BCUT2D eigenvalue weighted by Gasteiger charge is 2.16. The standard InChI is InChI=1S/C21H22N2O3/c1-14(22-18-10-6-8-15-7-4-5-9-17(15)18)21(24)23-19-13-16(25-2)11-12-20(19)26-3/h4-14,22H,1-3H3,(H,23,24)/t14-/m1/s1. The van der Waals surface area contributed by atoms with Gasteiger partial charge in [-0.25, -0.2) is 0 Å². The van der Waals surface area contributed by atoms with Crippen molar-refractivity contribution in [3.05, 3.63) is 60.7 Å². The van der Waals surface area contributed by atoms with Crippen LogP contribution < -0.4 is 20.1 Å². The number of hydrogen-bond acceptors (Lipinski definition) is 4. The Kier molecular flexibility index (Phi) is 5.27. The van der Waals surface area contributed by atoms with E-state index < -0.39 is 6.04 Å². The fraction of sp³-hybridized carbons (Fsp3) is 0.190. The number of nitrogens with one attached hydrogen (secondary N) is 2. The van der Waals surface area contributed by atoms with Gasteiger partial charge in [0.1, 0.15) is 17.5 Å². The van der Waals surface area contributed by atoms with Crippen LogP contribution in [0.1, 0.15) is 6.92 Å². The van der Waals surface area contributed by atoms with Crippen molar-refractivity contribution in [3.8, 4) is 11.5 Å². The quantitative estimate of drug-likeness (QED) is 0.696. The second kappa shape index (κ2) is 7.78. The number of anilines is 2. The minimum Gasteiger partial charge on any atom is -0.497 e. The lowest BCUT2D eigenvalue weighted by molar-refractivity contribution is -0.116. The maximum Gasteiger partial charge on any atom is 0.246 e. The summed E-state index contributed by atoms with van der Waals surface area (Å²) in [4.78, 5) is 12.7. The molecule has 0 unspecified atom stereocenters. The Morgan fingerprint density at radius 1 is 0.923 bits per heavy atom. The second-order valence-electron chi connectivity index (χ2n) is 5.95. The van der Waals surface area contributed by atoms with Gasteiger partial charge in [-0.3, -0.25) is 4.79 Å². The van der Waals surface area contributed by atoms with E-state index in [9.17, 15) is 4.79 Å². The Morgan fingerprint density at radius 3 is 2.46 bits per heavy atom. The van der Waals surface area contributed by atoms with Crippen LogP contribution in [0.15, 0.2) is 60.7 Å². The molecule has 26 heavy (non-hydrogen) atoms. The first kappa shape index (κ1) is 17.6. The van der Waals surface area contributed by atoms with E-state index in [-0.39, 0.29) is 5.91 Å². The lowest BCUT2D eigenvalue weighted by atomic mass is 10.1. The predicted octanol–water partition coefficient (Wildman–Crippen LogP) is 4.30. The van der Waals surface area contributed by atoms with E-state index >= 15 is 0 Å². The average Bonchev–Trinajstić information content (AvgIpc) is 2.68. The Labute approximate surface area is 152 Å². The van der Waals surface area contributed by atoms with Crippen LogP contribution in [0.2, 0.25) is 0 Å². The molecule has 0 saturated heterocycles. The molecule has 3 aromatic rings. The van der Waals surface area contributed by atoms with E-state index in [4.69, 9.17) is 9.47 Å². The number of hydrogen-bond donors (Lipinski definition) is 2. The Balaban J connectivity index is 1.78. The van der Waals surface area contributed by atoms with Crippen molar-refractivity contribution < 1.29 is 14.3 Å². The number of amides is 1. The van der Waals surface area contributed by atoms with Crippen LogP contribution >= 0.6 is 0 Å². The zero-order valence-corrected chi connectivity index (χ0v) is 15.1. The summed E-state index contributed by atoms with van der Waals surface area (Å²) in [5.41, 5.74) is 1.49. The summed E-state index contributed by atoms with van der Waals surface area (Å²) < 4.78 is 10.5. The molecule has 0 spiro atoms. The molecule has 0 fully saturated rings. The molecular formula is C21H22N2O3. The number of ether oxygens (including phenoxy) is 2. The van der Waals surface area contributed by atoms with E-state index in [1.807, 2.05) is 49.4 Å². The molecule has 134 valence electrons.